The van der Waals surface area contributed by atoms with Crippen LogP contribution in [0.2, 0.25) is 0 Å². The Balaban J connectivity index is 1.25. The van der Waals surface area contributed by atoms with Crippen molar-refractivity contribution in [3.63, 3.8) is 0 Å². The number of hydrogen-bond acceptors (Lipinski definition) is 5. The second-order valence-corrected chi connectivity index (χ2v) is 8.40. The van der Waals surface area contributed by atoms with Gasteiger partial charge in [0.05, 0.1) is 0 Å². The minimum Gasteiger partial charge on any atom is -0.484 e. The third-order valence-corrected chi connectivity index (χ3v) is 6.39. The zero-order chi connectivity index (χ0) is 21.5. The third kappa shape index (κ3) is 3.81. The van der Waals surface area contributed by atoms with Crippen molar-refractivity contribution in [1.82, 2.24) is 9.80 Å². The van der Waals surface area contributed by atoms with Gasteiger partial charge >= 0.3 is 5.63 Å². The molecule has 31 heavy (non-hydrogen) atoms. The molecule has 0 spiro atoms. The Morgan fingerprint density at radius 2 is 1.97 bits per heavy atom. The lowest BCUT2D eigenvalue weighted by molar-refractivity contribution is -0.132. The molecular formula is C24H23FN2O4. The summed E-state index contributed by atoms with van der Waals surface area (Å²) in [4.78, 5) is 28.3. The SMILES string of the molecule is CN1C[C@H]2CN(C(=O)COc3ccc4ccc(=O)oc4c3)C[C@H]2[C@@H]1c1cccc(F)c1. The van der Waals surface area contributed by atoms with Crippen molar-refractivity contribution in [2.45, 2.75) is 6.04 Å². The van der Waals surface area contributed by atoms with Gasteiger partial charge in [0.25, 0.3) is 5.91 Å². The van der Waals surface area contributed by atoms with Crippen LogP contribution < -0.4 is 10.4 Å². The predicted octanol–water partition coefficient (Wildman–Crippen LogP) is 3.07. The van der Waals surface area contributed by atoms with Gasteiger partial charge in [0.2, 0.25) is 0 Å². The van der Waals surface area contributed by atoms with Crippen molar-refractivity contribution >= 4 is 16.9 Å². The minimum absolute atomic E-state index is 0.0790. The molecule has 3 aromatic rings. The molecule has 2 aliphatic heterocycles. The summed E-state index contributed by atoms with van der Waals surface area (Å²) in [5.74, 6) is 0.791. The fourth-order valence-corrected chi connectivity index (χ4v) is 5.02. The molecular weight excluding hydrogens is 399 g/mol. The number of amides is 1. The molecule has 2 aromatic carbocycles. The van der Waals surface area contributed by atoms with Crippen molar-refractivity contribution < 1.29 is 18.3 Å². The molecule has 2 saturated heterocycles. The normalized spacial score (nSPS) is 23.3. The van der Waals surface area contributed by atoms with Gasteiger partial charge in [-0.2, -0.15) is 0 Å². The number of benzene rings is 2. The number of carbonyl (C=O) groups excluding carboxylic acids is 1. The molecule has 5 rings (SSSR count). The molecule has 160 valence electrons. The highest BCUT2D eigenvalue weighted by Gasteiger charge is 2.47. The molecule has 0 saturated carbocycles. The van der Waals surface area contributed by atoms with Gasteiger partial charge in [0.1, 0.15) is 17.1 Å². The van der Waals surface area contributed by atoms with Gasteiger partial charge in [0, 0.05) is 49.1 Å². The van der Waals surface area contributed by atoms with Crippen LogP contribution in [-0.2, 0) is 4.79 Å². The maximum Gasteiger partial charge on any atom is 0.336 e. The zero-order valence-corrected chi connectivity index (χ0v) is 17.2. The summed E-state index contributed by atoms with van der Waals surface area (Å²) >= 11 is 0. The van der Waals surface area contributed by atoms with Crippen LogP contribution in [0, 0.1) is 17.7 Å². The summed E-state index contributed by atoms with van der Waals surface area (Å²) in [5, 5.41) is 0.790. The highest BCUT2D eigenvalue weighted by atomic mass is 19.1. The lowest BCUT2D eigenvalue weighted by atomic mass is 9.89. The molecule has 0 aliphatic carbocycles. The summed E-state index contributed by atoms with van der Waals surface area (Å²) < 4.78 is 24.6. The molecule has 0 radical (unpaired) electrons. The minimum atomic E-state index is -0.429. The Hall–Kier alpha value is -3.19. The number of hydrogen-bond donors (Lipinski definition) is 0. The quantitative estimate of drug-likeness (QED) is 0.605. The van der Waals surface area contributed by atoms with Crippen LogP contribution in [0.4, 0.5) is 4.39 Å². The lowest BCUT2D eigenvalue weighted by Crippen LogP contribution is -2.36. The van der Waals surface area contributed by atoms with Gasteiger partial charge < -0.3 is 14.1 Å². The summed E-state index contributed by atoms with van der Waals surface area (Å²) in [6.07, 6.45) is 0. The molecule has 6 nitrogen and oxygen atoms in total. The van der Waals surface area contributed by atoms with E-state index in [1.165, 1.54) is 12.1 Å². The van der Waals surface area contributed by atoms with Gasteiger partial charge in [-0.05, 0) is 48.9 Å². The van der Waals surface area contributed by atoms with E-state index in [-0.39, 0.29) is 30.3 Å². The summed E-state index contributed by atoms with van der Waals surface area (Å²) in [5.41, 5.74) is 0.953. The summed E-state index contributed by atoms with van der Waals surface area (Å²) in [7, 11) is 2.06. The Morgan fingerprint density at radius 1 is 1.13 bits per heavy atom. The van der Waals surface area contributed by atoms with E-state index in [0.29, 0.717) is 30.3 Å². The molecule has 3 heterocycles. The Morgan fingerprint density at radius 3 is 2.81 bits per heavy atom. The van der Waals surface area contributed by atoms with Gasteiger partial charge in [-0.15, -0.1) is 0 Å². The molecule has 0 N–H and O–H groups in total. The molecule has 7 heteroatoms. The average molecular weight is 422 g/mol. The molecule has 1 aromatic heterocycles. The van der Waals surface area contributed by atoms with Gasteiger partial charge in [0.15, 0.2) is 6.61 Å². The number of fused-ring (bicyclic) bond motifs is 2. The summed E-state index contributed by atoms with van der Waals surface area (Å²) in [6, 6.07) is 15.1. The number of carbonyl (C=O) groups is 1. The number of ether oxygens (including phenoxy) is 1. The maximum atomic E-state index is 13.8. The molecule has 1 amide bonds. The largest absolute Gasteiger partial charge is 0.484 e. The first-order valence-corrected chi connectivity index (χ1v) is 10.4. The third-order valence-electron chi connectivity index (χ3n) is 6.39. The van der Waals surface area contributed by atoms with Crippen LogP contribution in [0.25, 0.3) is 11.0 Å². The van der Waals surface area contributed by atoms with Crippen LogP contribution >= 0.6 is 0 Å². The first-order valence-electron chi connectivity index (χ1n) is 10.4. The molecule has 0 unspecified atom stereocenters. The fourth-order valence-electron chi connectivity index (χ4n) is 5.02. The van der Waals surface area contributed by atoms with E-state index < -0.39 is 5.63 Å². The molecule has 3 atom stereocenters. The van der Waals surface area contributed by atoms with E-state index in [1.54, 1.807) is 36.4 Å². The van der Waals surface area contributed by atoms with Crippen molar-refractivity contribution in [2.75, 3.05) is 33.3 Å². The van der Waals surface area contributed by atoms with E-state index in [1.807, 2.05) is 11.0 Å². The standard InChI is InChI=1S/C24H23FN2O4/c1-26-11-17-12-27(13-20(17)24(26)16-3-2-4-18(25)9-16)22(28)14-30-19-7-5-15-6-8-23(29)31-21(15)10-19/h2-10,17,20,24H,11-14H2,1H3/t17-,20+,24-/m0/s1. The monoisotopic (exact) mass is 422 g/mol. The van der Waals surface area contributed by atoms with E-state index in [2.05, 4.69) is 11.9 Å². The van der Waals surface area contributed by atoms with Crippen LogP contribution in [-0.4, -0.2) is 49.0 Å². The van der Waals surface area contributed by atoms with E-state index >= 15 is 0 Å². The Bertz CT molecular complexity index is 1190. The Labute approximate surface area is 178 Å². The van der Waals surface area contributed by atoms with Crippen molar-refractivity contribution in [3.8, 4) is 5.75 Å². The Kier molecular flexibility index (Phi) is 4.98. The van der Waals surface area contributed by atoms with Crippen molar-refractivity contribution in [1.29, 1.82) is 0 Å². The number of halogens is 1. The van der Waals surface area contributed by atoms with Gasteiger partial charge in [-0.1, -0.05) is 12.1 Å². The molecule has 2 aliphatic rings. The van der Waals surface area contributed by atoms with Crippen LogP contribution in [0.1, 0.15) is 11.6 Å². The molecule has 0 bridgehead atoms. The van der Waals surface area contributed by atoms with E-state index in [9.17, 15) is 14.0 Å². The van der Waals surface area contributed by atoms with Crippen LogP contribution in [0.3, 0.4) is 0 Å². The second kappa shape index (κ2) is 7.81. The maximum absolute atomic E-state index is 13.8. The first kappa shape index (κ1) is 19.8. The topological polar surface area (TPSA) is 63.0 Å². The fraction of sp³-hybridized carbons (Fsp3) is 0.333. The van der Waals surface area contributed by atoms with Crippen LogP contribution in [0.15, 0.2) is 63.8 Å². The highest BCUT2D eigenvalue weighted by Crippen LogP contribution is 2.44. The first-order chi connectivity index (χ1) is 15.0. The zero-order valence-electron chi connectivity index (χ0n) is 17.2. The van der Waals surface area contributed by atoms with Crippen LogP contribution in [0.5, 0.6) is 5.75 Å². The summed E-state index contributed by atoms with van der Waals surface area (Å²) in [6.45, 7) is 2.10. The lowest BCUT2D eigenvalue weighted by Gasteiger charge is -2.27. The number of nitrogens with zero attached hydrogens (tertiary/aromatic N) is 2. The number of likely N-dealkylation sites (tertiary alicyclic amines) is 2. The van der Waals surface area contributed by atoms with Gasteiger partial charge in [-0.3, -0.25) is 9.69 Å². The van der Waals surface area contributed by atoms with Crippen molar-refractivity contribution in [2.24, 2.45) is 11.8 Å². The second-order valence-electron chi connectivity index (χ2n) is 8.40. The predicted molar refractivity (Wildman–Crippen MR) is 113 cm³/mol. The van der Waals surface area contributed by atoms with E-state index in [0.717, 1.165) is 17.5 Å². The van der Waals surface area contributed by atoms with Crippen molar-refractivity contribution in [3.05, 3.63) is 76.4 Å². The van der Waals surface area contributed by atoms with E-state index in [4.69, 9.17) is 9.15 Å². The average Bonchev–Trinajstić information content (AvgIpc) is 3.28. The smallest absolute Gasteiger partial charge is 0.336 e. The van der Waals surface area contributed by atoms with Gasteiger partial charge in [-0.25, -0.2) is 9.18 Å². The molecule has 2 fully saturated rings. The highest BCUT2D eigenvalue weighted by molar-refractivity contribution is 5.79. The number of rotatable bonds is 4.